The molecule has 2 heteroatoms. The lowest BCUT2D eigenvalue weighted by Crippen LogP contribution is -1.75. The van der Waals surface area contributed by atoms with Crippen molar-refractivity contribution < 1.29 is 4.74 Å². The van der Waals surface area contributed by atoms with Crippen LogP contribution in [0.4, 0.5) is 0 Å². The molecule has 0 radical (unpaired) electrons. The normalized spacial score (nSPS) is 5.75. The van der Waals surface area contributed by atoms with E-state index in [4.69, 9.17) is 0 Å². The van der Waals surface area contributed by atoms with Crippen LogP contribution < -0.4 is 0 Å². The number of hydrogen-bond donors (Lipinski definition) is 0. The fourth-order valence-electron chi connectivity index (χ4n) is 0.105. The standard InChI is InChI=1S/C4H7NO.C2H6/c1-3-6-4-5-2;1-2/h3H,1-2,4H2;1-2H3. The fraction of sp³-hybridized carbons (Fsp3) is 0.500. The zero-order valence-corrected chi connectivity index (χ0v) is 5.55. The molecule has 0 rings (SSSR count). The van der Waals surface area contributed by atoms with E-state index in [0.29, 0.717) is 6.73 Å². The average Bonchev–Trinajstić information content (AvgIpc) is 1.88. The Labute approximate surface area is 50.9 Å². The summed E-state index contributed by atoms with van der Waals surface area (Å²) >= 11 is 0. The quantitative estimate of drug-likeness (QED) is 0.312. The first-order valence-electron chi connectivity index (χ1n) is 2.57. The first kappa shape index (κ1) is 10.2. The monoisotopic (exact) mass is 115 g/mol. The highest BCUT2D eigenvalue weighted by Crippen LogP contribution is 1.69. The van der Waals surface area contributed by atoms with Gasteiger partial charge in [0.1, 0.15) is 0 Å². The van der Waals surface area contributed by atoms with Crippen LogP contribution in [0.3, 0.4) is 0 Å². The second-order valence-electron chi connectivity index (χ2n) is 0.686. The Bertz CT molecular complexity index is 44.5. The highest BCUT2D eigenvalue weighted by molar-refractivity contribution is 5.22. The van der Waals surface area contributed by atoms with Crippen molar-refractivity contribution >= 4 is 6.72 Å². The molecule has 0 spiro atoms. The van der Waals surface area contributed by atoms with Gasteiger partial charge in [0.25, 0.3) is 0 Å². The van der Waals surface area contributed by atoms with Gasteiger partial charge in [-0.2, -0.15) is 0 Å². The second-order valence-corrected chi connectivity index (χ2v) is 0.686. The molecule has 0 bridgehead atoms. The predicted octanol–water partition coefficient (Wildman–Crippen LogP) is 1.83. The van der Waals surface area contributed by atoms with Gasteiger partial charge < -0.3 is 4.74 Å². The van der Waals surface area contributed by atoms with Gasteiger partial charge in [-0.25, -0.2) is 0 Å². The molecule has 48 valence electrons. The molecule has 0 atom stereocenters. The van der Waals surface area contributed by atoms with Crippen LogP contribution in [0.5, 0.6) is 0 Å². The maximum Gasteiger partial charge on any atom is 0.177 e. The Hall–Kier alpha value is -0.790. The van der Waals surface area contributed by atoms with Gasteiger partial charge in [0.05, 0.1) is 6.26 Å². The fourth-order valence-corrected chi connectivity index (χ4v) is 0.105. The number of nitrogens with zero attached hydrogens (tertiary/aromatic N) is 1. The molecule has 0 aliphatic rings. The van der Waals surface area contributed by atoms with E-state index in [9.17, 15) is 0 Å². The minimum Gasteiger partial charge on any atom is -0.480 e. The Morgan fingerprint density at radius 2 is 2.12 bits per heavy atom. The summed E-state index contributed by atoms with van der Waals surface area (Å²) in [5.41, 5.74) is 0. The minimum atomic E-state index is 0.309. The van der Waals surface area contributed by atoms with Crippen molar-refractivity contribution in [3.05, 3.63) is 12.8 Å². The highest BCUT2D eigenvalue weighted by Gasteiger charge is 1.61. The van der Waals surface area contributed by atoms with Crippen molar-refractivity contribution in [1.29, 1.82) is 0 Å². The van der Waals surface area contributed by atoms with Crippen LogP contribution in [0.2, 0.25) is 0 Å². The lowest BCUT2D eigenvalue weighted by atomic mass is 11.0. The van der Waals surface area contributed by atoms with Gasteiger partial charge in [-0.1, -0.05) is 20.4 Å². The summed E-state index contributed by atoms with van der Waals surface area (Å²) in [5, 5.41) is 0. The molecule has 0 heterocycles. The number of aliphatic imine (C=N–C) groups is 1. The molecule has 0 aliphatic heterocycles. The van der Waals surface area contributed by atoms with Gasteiger partial charge >= 0.3 is 0 Å². The molecule has 0 unspecified atom stereocenters. The van der Waals surface area contributed by atoms with E-state index >= 15 is 0 Å². The predicted molar refractivity (Wildman–Crippen MR) is 37.0 cm³/mol. The summed E-state index contributed by atoms with van der Waals surface area (Å²) in [5.74, 6) is 0. The maximum absolute atomic E-state index is 4.52. The molecule has 0 aromatic heterocycles. The van der Waals surface area contributed by atoms with E-state index in [1.807, 2.05) is 13.8 Å². The zero-order valence-electron chi connectivity index (χ0n) is 5.55. The van der Waals surface area contributed by atoms with Gasteiger partial charge in [0.2, 0.25) is 0 Å². The van der Waals surface area contributed by atoms with Gasteiger partial charge in [-0.15, -0.1) is 0 Å². The Morgan fingerprint density at radius 3 is 2.25 bits per heavy atom. The van der Waals surface area contributed by atoms with Crippen LogP contribution >= 0.6 is 0 Å². The van der Waals surface area contributed by atoms with Gasteiger partial charge in [-0.3, -0.25) is 4.99 Å². The van der Waals surface area contributed by atoms with Gasteiger partial charge in [0.15, 0.2) is 6.73 Å². The summed E-state index contributed by atoms with van der Waals surface area (Å²) in [6, 6.07) is 0. The van der Waals surface area contributed by atoms with E-state index in [-0.39, 0.29) is 0 Å². The molecule has 0 fully saturated rings. The van der Waals surface area contributed by atoms with Crippen molar-refractivity contribution in [3.63, 3.8) is 0 Å². The first-order chi connectivity index (χ1) is 3.91. The minimum absolute atomic E-state index is 0.309. The Morgan fingerprint density at radius 1 is 1.62 bits per heavy atom. The van der Waals surface area contributed by atoms with Crippen LogP contribution in [-0.4, -0.2) is 13.4 Å². The lowest BCUT2D eigenvalue weighted by Gasteiger charge is -1.86. The third-order valence-corrected chi connectivity index (χ3v) is 0.284. The van der Waals surface area contributed by atoms with Gasteiger partial charge in [0, 0.05) is 0 Å². The van der Waals surface area contributed by atoms with E-state index in [2.05, 4.69) is 23.0 Å². The van der Waals surface area contributed by atoms with Crippen molar-refractivity contribution in [2.75, 3.05) is 6.73 Å². The molecule has 0 amide bonds. The Kier molecular flexibility index (Phi) is 20.9. The van der Waals surface area contributed by atoms with Crippen LogP contribution in [-0.2, 0) is 4.74 Å². The van der Waals surface area contributed by atoms with Crippen LogP contribution in [0, 0.1) is 0 Å². The van der Waals surface area contributed by atoms with Crippen LogP contribution in [0.1, 0.15) is 13.8 Å². The number of rotatable bonds is 3. The lowest BCUT2D eigenvalue weighted by molar-refractivity contribution is 0.264. The van der Waals surface area contributed by atoms with Crippen LogP contribution in [0.15, 0.2) is 17.8 Å². The third kappa shape index (κ3) is 18.9. The first-order valence-corrected chi connectivity index (χ1v) is 2.57. The highest BCUT2D eigenvalue weighted by atomic mass is 16.5. The van der Waals surface area contributed by atoms with Crippen molar-refractivity contribution in [2.24, 2.45) is 4.99 Å². The topological polar surface area (TPSA) is 21.6 Å². The zero-order chi connectivity index (χ0) is 6.83. The number of hydrogen-bond acceptors (Lipinski definition) is 2. The Balaban J connectivity index is 0. The van der Waals surface area contributed by atoms with E-state index < -0.39 is 0 Å². The summed E-state index contributed by atoms with van der Waals surface area (Å²) in [4.78, 5) is 3.38. The van der Waals surface area contributed by atoms with Crippen molar-refractivity contribution in [2.45, 2.75) is 13.8 Å². The molecule has 2 nitrogen and oxygen atoms in total. The molecule has 0 aliphatic carbocycles. The van der Waals surface area contributed by atoms with Crippen molar-refractivity contribution in [3.8, 4) is 0 Å². The summed E-state index contributed by atoms with van der Waals surface area (Å²) in [7, 11) is 0. The number of ether oxygens (including phenoxy) is 1. The largest absolute Gasteiger partial charge is 0.480 e. The van der Waals surface area contributed by atoms with Crippen LogP contribution in [0.25, 0.3) is 0 Å². The average molecular weight is 115 g/mol. The van der Waals surface area contributed by atoms with E-state index in [1.54, 1.807) is 0 Å². The molecular formula is C6H13NO. The molecule has 0 N–H and O–H groups in total. The van der Waals surface area contributed by atoms with E-state index in [0.717, 1.165) is 0 Å². The van der Waals surface area contributed by atoms with Gasteiger partial charge in [-0.05, 0) is 6.72 Å². The molecular weight excluding hydrogens is 102 g/mol. The maximum atomic E-state index is 4.52. The molecule has 0 saturated carbocycles. The molecule has 0 aromatic carbocycles. The van der Waals surface area contributed by atoms with E-state index in [1.165, 1.54) is 6.26 Å². The SMILES string of the molecule is C=COCN=C.CC. The summed E-state index contributed by atoms with van der Waals surface area (Å²) < 4.78 is 4.52. The molecule has 8 heavy (non-hydrogen) atoms. The van der Waals surface area contributed by atoms with Crippen molar-refractivity contribution in [1.82, 2.24) is 0 Å². The second kappa shape index (κ2) is 16.4. The molecule has 0 saturated heterocycles. The molecule has 0 aromatic rings. The third-order valence-electron chi connectivity index (χ3n) is 0.284. The summed E-state index contributed by atoms with van der Waals surface area (Å²) in [6.07, 6.45) is 1.33. The summed E-state index contributed by atoms with van der Waals surface area (Å²) in [6.45, 7) is 10.8. The smallest absolute Gasteiger partial charge is 0.177 e.